The maximum absolute atomic E-state index is 13.7. The average Bonchev–Trinajstić information content (AvgIpc) is 3.36. The summed E-state index contributed by atoms with van der Waals surface area (Å²) in [5.74, 6) is -0.807. The number of anilines is 1. The first kappa shape index (κ1) is 25.1. The first-order valence-electron chi connectivity index (χ1n) is 11.2. The number of rotatable bonds is 5. The lowest BCUT2D eigenvalue weighted by atomic mass is 10.2. The molecule has 0 saturated carbocycles. The van der Waals surface area contributed by atoms with Crippen LogP contribution in [0.4, 0.5) is 11.4 Å². The molecule has 5 rings (SSSR count). The Hall–Kier alpha value is -3.54. The van der Waals surface area contributed by atoms with E-state index in [9.17, 15) is 18.0 Å². The number of nitrogens with zero attached hydrogens (tertiary/aromatic N) is 3. The summed E-state index contributed by atoms with van der Waals surface area (Å²) in [5.41, 5.74) is 2.49. The number of fused-ring (bicyclic) bond motifs is 1. The van der Waals surface area contributed by atoms with Crippen LogP contribution in [-0.4, -0.2) is 37.3 Å². The maximum atomic E-state index is 13.7. The minimum Gasteiger partial charge on any atom is -0.337 e. The number of nitrogens with one attached hydrogen (secondary N) is 1. The van der Waals surface area contributed by atoms with Crippen LogP contribution in [0.3, 0.4) is 0 Å². The number of hydrogen-bond donors (Lipinski definition) is 1. The van der Waals surface area contributed by atoms with Crippen molar-refractivity contribution in [2.45, 2.75) is 23.3 Å². The van der Waals surface area contributed by atoms with Crippen molar-refractivity contribution in [2.75, 3.05) is 11.9 Å². The number of carbonyl (C=O) groups is 2. The molecule has 0 atom stereocenters. The topological polar surface area (TPSA) is 99.1 Å². The second-order valence-electron chi connectivity index (χ2n) is 8.29. The molecule has 3 aromatic carbocycles. The van der Waals surface area contributed by atoms with Gasteiger partial charge in [-0.1, -0.05) is 54.2 Å². The molecule has 1 N–H and O–H groups in total. The first-order chi connectivity index (χ1) is 17.7. The highest BCUT2D eigenvalue weighted by Crippen LogP contribution is 2.50. The third-order valence-corrected chi connectivity index (χ3v) is 9.51. The number of benzene rings is 3. The minimum atomic E-state index is -3.95. The van der Waals surface area contributed by atoms with Gasteiger partial charge in [-0.05, 0) is 53.7 Å². The molecule has 8 nitrogen and oxygen atoms in total. The average molecular weight is 551 g/mol. The van der Waals surface area contributed by atoms with Gasteiger partial charge in [0.05, 0.1) is 27.8 Å². The van der Waals surface area contributed by atoms with Gasteiger partial charge in [-0.15, -0.1) is 0 Å². The third-order valence-electron chi connectivity index (χ3n) is 5.63. The first-order valence-corrected chi connectivity index (χ1v) is 14.4. The molecule has 188 valence electrons. The van der Waals surface area contributed by atoms with Crippen molar-refractivity contribution in [1.29, 1.82) is 0 Å². The van der Waals surface area contributed by atoms with Crippen molar-refractivity contribution < 1.29 is 18.0 Å². The molecule has 2 aliphatic rings. The Morgan fingerprint density at radius 3 is 2.30 bits per heavy atom. The standard InChI is InChI=1S/C26H22N4O4S3/c1-17(31)28-37(33,34)20-14-12-19(13-15-20)27-26-30(16-18-8-4-3-5-9-18)24(32)23(36-26)25-29(2)21-10-6-7-11-22(21)35-25/h3-15H,16H2,1-2H3,(H,28,31)/b25-23+,27-26?. The van der Waals surface area contributed by atoms with Crippen LogP contribution in [0.25, 0.3) is 0 Å². The van der Waals surface area contributed by atoms with Gasteiger partial charge in [-0.2, -0.15) is 0 Å². The van der Waals surface area contributed by atoms with Crippen LogP contribution in [0.2, 0.25) is 0 Å². The number of carbonyl (C=O) groups excluding carboxylic acids is 2. The molecule has 0 radical (unpaired) electrons. The van der Waals surface area contributed by atoms with Crippen molar-refractivity contribution in [3.8, 4) is 0 Å². The molecule has 0 unspecified atom stereocenters. The van der Waals surface area contributed by atoms with Gasteiger partial charge >= 0.3 is 0 Å². The zero-order chi connectivity index (χ0) is 26.2. The maximum Gasteiger partial charge on any atom is 0.269 e. The summed E-state index contributed by atoms with van der Waals surface area (Å²) in [6.07, 6.45) is 0. The highest BCUT2D eigenvalue weighted by molar-refractivity contribution is 8.19. The van der Waals surface area contributed by atoms with Crippen molar-refractivity contribution in [1.82, 2.24) is 9.62 Å². The number of thioether (sulfide) groups is 2. The van der Waals surface area contributed by atoms with Crippen molar-refractivity contribution in [3.63, 3.8) is 0 Å². The number of aliphatic imine (C=N–C) groups is 1. The van der Waals surface area contributed by atoms with Gasteiger partial charge in [0, 0.05) is 18.9 Å². The predicted molar refractivity (Wildman–Crippen MR) is 147 cm³/mol. The van der Waals surface area contributed by atoms with Crippen LogP contribution in [0.5, 0.6) is 0 Å². The molecular formula is C26H22N4O4S3. The van der Waals surface area contributed by atoms with Gasteiger partial charge in [-0.25, -0.2) is 18.1 Å². The molecule has 1 saturated heterocycles. The van der Waals surface area contributed by atoms with Crippen LogP contribution < -0.4 is 9.62 Å². The Bertz CT molecular complexity index is 1550. The number of amides is 2. The molecule has 11 heteroatoms. The van der Waals surface area contributed by atoms with Crippen LogP contribution in [0.1, 0.15) is 12.5 Å². The van der Waals surface area contributed by atoms with Crippen LogP contribution >= 0.6 is 23.5 Å². The quantitative estimate of drug-likeness (QED) is 0.460. The summed E-state index contributed by atoms with van der Waals surface area (Å²) in [5, 5.41) is 1.34. The second kappa shape index (κ2) is 10.1. The van der Waals surface area contributed by atoms with E-state index in [4.69, 9.17) is 4.99 Å². The predicted octanol–water partition coefficient (Wildman–Crippen LogP) is 4.69. The fourth-order valence-corrected chi connectivity index (χ4v) is 7.22. The highest BCUT2D eigenvalue weighted by atomic mass is 32.2. The van der Waals surface area contributed by atoms with E-state index in [0.717, 1.165) is 28.1 Å². The number of para-hydroxylation sites is 1. The van der Waals surface area contributed by atoms with Crippen molar-refractivity contribution in [2.24, 2.45) is 4.99 Å². The molecule has 3 aromatic rings. The van der Waals surface area contributed by atoms with Crippen LogP contribution in [0, 0.1) is 0 Å². The van der Waals surface area contributed by atoms with E-state index in [1.807, 2.05) is 71.3 Å². The summed E-state index contributed by atoms with van der Waals surface area (Å²) in [6, 6.07) is 23.5. The monoisotopic (exact) mass is 550 g/mol. The van der Waals surface area contributed by atoms with Gasteiger partial charge in [0.25, 0.3) is 15.9 Å². The number of amidine groups is 1. The zero-order valence-corrected chi connectivity index (χ0v) is 22.4. The lowest BCUT2D eigenvalue weighted by molar-refractivity contribution is -0.122. The summed E-state index contributed by atoms with van der Waals surface area (Å²) in [7, 11) is -2.01. The van der Waals surface area contributed by atoms with Gasteiger partial charge in [-0.3, -0.25) is 14.5 Å². The molecule has 37 heavy (non-hydrogen) atoms. The Labute approximate surface area is 223 Å². The normalized spacial score (nSPS) is 18.4. The van der Waals surface area contributed by atoms with Crippen LogP contribution in [-0.2, 0) is 26.2 Å². The number of hydrogen-bond acceptors (Lipinski definition) is 8. The fourth-order valence-electron chi connectivity index (χ4n) is 3.88. The number of sulfonamides is 1. The van der Waals surface area contributed by atoms with Gasteiger partial charge in [0.2, 0.25) is 5.91 Å². The smallest absolute Gasteiger partial charge is 0.269 e. The fraction of sp³-hybridized carbons (Fsp3) is 0.115. The lowest BCUT2D eigenvalue weighted by Crippen LogP contribution is -2.29. The van der Waals surface area contributed by atoms with E-state index in [1.54, 1.807) is 28.8 Å². The van der Waals surface area contributed by atoms with E-state index >= 15 is 0 Å². The van der Waals surface area contributed by atoms with Crippen LogP contribution in [0.15, 0.2) is 104 Å². The molecule has 2 heterocycles. The molecule has 2 amide bonds. The summed E-state index contributed by atoms with van der Waals surface area (Å²) < 4.78 is 26.5. The highest BCUT2D eigenvalue weighted by Gasteiger charge is 2.39. The zero-order valence-electron chi connectivity index (χ0n) is 19.9. The Balaban J connectivity index is 1.50. The summed E-state index contributed by atoms with van der Waals surface area (Å²) in [6.45, 7) is 1.48. The molecule has 2 aliphatic heterocycles. The van der Waals surface area contributed by atoms with E-state index in [1.165, 1.54) is 23.9 Å². The summed E-state index contributed by atoms with van der Waals surface area (Å²) >= 11 is 2.85. The third kappa shape index (κ3) is 5.15. The molecule has 1 fully saturated rings. The minimum absolute atomic E-state index is 0.0486. The van der Waals surface area contributed by atoms with E-state index in [0.29, 0.717) is 22.3 Å². The Kier molecular flexibility index (Phi) is 6.84. The summed E-state index contributed by atoms with van der Waals surface area (Å²) in [4.78, 5) is 34.9. The molecule has 0 aliphatic carbocycles. The largest absolute Gasteiger partial charge is 0.337 e. The Morgan fingerprint density at radius 1 is 0.946 bits per heavy atom. The molecule has 0 bridgehead atoms. The molecular weight excluding hydrogens is 529 g/mol. The van der Waals surface area contributed by atoms with E-state index < -0.39 is 15.9 Å². The SMILES string of the molecule is CC(=O)NS(=O)(=O)c1ccc(N=C2S/C(=C3/Sc4ccccc4N3C)C(=O)N2Cc2ccccc2)cc1. The molecule has 0 aromatic heterocycles. The second-order valence-corrected chi connectivity index (χ2v) is 12.0. The van der Waals surface area contributed by atoms with Gasteiger partial charge in [0.1, 0.15) is 4.91 Å². The van der Waals surface area contributed by atoms with E-state index in [-0.39, 0.29) is 10.8 Å². The Morgan fingerprint density at radius 2 is 1.62 bits per heavy atom. The lowest BCUT2D eigenvalue weighted by Gasteiger charge is -2.17. The van der Waals surface area contributed by atoms with E-state index in [2.05, 4.69) is 0 Å². The van der Waals surface area contributed by atoms with Gasteiger partial charge < -0.3 is 4.90 Å². The van der Waals surface area contributed by atoms with Crippen molar-refractivity contribution >= 4 is 61.9 Å². The molecule has 0 spiro atoms. The van der Waals surface area contributed by atoms with Gasteiger partial charge in [0.15, 0.2) is 5.17 Å². The van der Waals surface area contributed by atoms with Crippen molar-refractivity contribution in [3.05, 3.63) is 94.4 Å².